The molecule has 1 N–H and O–H groups in total. The Kier molecular flexibility index (Phi) is 6.55. The molecule has 18 heavy (non-hydrogen) atoms. The van der Waals surface area contributed by atoms with Crippen molar-refractivity contribution < 1.29 is 9.53 Å². The largest absolute Gasteiger partial charge is 0.412 e. The molecule has 106 valence electrons. The van der Waals surface area contributed by atoms with Crippen molar-refractivity contribution in [2.45, 2.75) is 71.4 Å². The van der Waals surface area contributed by atoms with Gasteiger partial charge in [-0.15, -0.1) is 0 Å². The monoisotopic (exact) mass is 270 g/mol. The van der Waals surface area contributed by atoms with Gasteiger partial charge in [-0.1, -0.05) is 45.1 Å². The van der Waals surface area contributed by atoms with Crippen LogP contribution >= 0.6 is 0 Å². The highest BCUT2D eigenvalue weighted by Crippen LogP contribution is 2.37. The van der Waals surface area contributed by atoms with Crippen LogP contribution in [0.2, 0.25) is 18.1 Å². The van der Waals surface area contributed by atoms with Gasteiger partial charge in [0, 0.05) is 0 Å². The zero-order valence-corrected chi connectivity index (χ0v) is 14.1. The zero-order valence-electron chi connectivity index (χ0n) is 13.1. The standard InChI is InChI=1S/C15H30O2Si/c1-9-12(2)10-11-14(16)13(3)17-18(7,8)15(4,5)6/h9-10,13-14,16H,1,11H2,2-8H3/b12-10+/t13-,14+/m0/s1. The Bertz CT molecular complexity index is 300. The molecule has 0 aliphatic carbocycles. The number of rotatable bonds is 6. The number of allylic oxidation sites excluding steroid dienone is 2. The molecule has 0 aliphatic heterocycles. The smallest absolute Gasteiger partial charge is 0.192 e. The average Bonchev–Trinajstić information content (AvgIpc) is 2.22. The lowest BCUT2D eigenvalue weighted by molar-refractivity contribution is 0.0409. The second kappa shape index (κ2) is 6.69. The fourth-order valence-corrected chi connectivity index (χ4v) is 2.74. The molecule has 2 nitrogen and oxygen atoms in total. The van der Waals surface area contributed by atoms with Gasteiger partial charge in [-0.25, -0.2) is 0 Å². The third-order valence-corrected chi connectivity index (χ3v) is 8.41. The molecule has 0 bridgehead atoms. The molecule has 0 aromatic rings. The van der Waals surface area contributed by atoms with Crippen LogP contribution in [0.1, 0.15) is 41.0 Å². The van der Waals surface area contributed by atoms with E-state index >= 15 is 0 Å². The first kappa shape index (κ1) is 17.6. The SMILES string of the molecule is C=C/C(C)=C/C[C@@H](O)[C@H](C)O[Si](C)(C)C(C)(C)C. The summed E-state index contributed by atoms with van der Waals surface area (Å²) < 4.78 is 6.16. The van der Waals surface area contributed by atoms with Crippen molar-refractivity contribution in [1.29, 1.82) is 0 Å². The lowest BCUT2D eigenvalue weighted by atomic mass is 10.1. The quantitative estimate of drug-likeness (QED) is 0.576. The Morgan fingerprint density at radius 3 is 2.28 bits per heavy atom. The maximum atomic E-state index is 10.1. The molecule has 0 fully saturated rings. The Labute approximate surface area is 114 Å². The molecule has 0 aromatic carbocycles. The lowest BCUT2D eigenvalue weighted by Crippen LogP contribution is -2.46. The van der Waals surface area contributed by atoms with Crippen LogP contribution in [0, 0.1) is 0 Å². The summed E-state index contributed by atoms with van der Waals surface area (Å²) >= 11 is 0. The second-order valence-corrected chi connectivity index (χ2v) is 11.3. The predicted octanol–water partition coefficient (Wildman–Crippen LogP) is 4.28. The van der Waals surface area contributed by atoms with E-state index in [4.69, 9.17) is 4.43 Å². The summed E-state index contributed by atoms with van der Waals surface area (Å²) in [5, 5.41) is 10.3. The van der Waals surface area contributed by atoms with Crippen molar-refractivity contribution in [3.63, 3.8) is 0 Å². The van der Waals surface area contributed by atoms with E-state index in [0.29, 0.717) is 6.42 Å². The van der Waals surface area contributed by atoms with Crippen LogP contribution in [0.4, 0.5) is 0 Å². The predicted molar refractivity (Wildman–Crippen MR) is 82.3 cm³/mol. The maximum absolute atomic E-state index is 10.1. The topological polar surface area (TPSA) is 29.5 Å². The third kappa shape index (κ3) is 5.51. The highest BCUT2D eigenvalue weighted by molar-refractivity contribution is 6.74. The molecule has 2 atom stereocenters. The summed E-state index contributed by atoms with van der Waals surface area (Å²) in [6.07, 6.45) is 3.84. The maximum Gasteiger partial charge on any atom is 0.192 e. The van der Waals surface area contributed by atoms with Gasteiger partial charge in [0.2, 0.25) is 0 Å². The first-order valence-corrected chi connectivity index (χ1v) is 9.57. The minimum absolute atomic E-state index is 0.125. The van der Waals surface area contributed by atoms with Crippen LogP contribution in [0.25, 0.3) is 0 Å². The van der Waals surface area contributed by atoms with E-state index in [1.54, 1.807) is 6.08 Å². The summed E-state index contributed by atoms with van der Waals surface area (Å²) in [7, 11) is -1.80. The molecular formula is C15H30O2Si. The van der Waals surface area contributed by atoms with Crippen LogP contribution in [-0.4, -0.2) is 25.6 Å². The number of aliphatic hydroxyl groups excluding tert-OH is 1. The van der Waals surface area contributed by atoms with Gasteiger partial charge < -0.3 is 9.53 Å². The Hall–Kier alpha value is -0.383. The fourth-order valence-electron chi connectivity index (χ4n) is 1.30. The molecule has 0 saturated carbocycles. The Morgan fingerprint density at radius 1 is 1.39 bits per heavy atom. The van der Waals surface area contributed by atoms with Crippen LogP contribution in [0.15, 0.2) is 24.3 Å². The third-order valence-electron chi connectivity index (χ3n) is 3.83. The number of aliphatic hydroxyl groups is 1. The molecule has 0 aromatic heterocycles. The van der Waals surface area contributed by atoms with Gasteiger partial charge >= 0.3 is 0 Å². The van der Waals surface area contributed by atoms with Crippen LogP contribution in [0.3, 0.4) is 0 Å². The first-order valence-electron chi connectivity index (χ1n) is 6.66. The normalized spacial score (nSPS) is 17.4. The van der Waals surface area contributed by atoms with E-state index in [0.717, 1.165) is 5.57 Å². The van der Waals surface area contributed by atoms with Gasteiger partial charge in [-0.2, -0.15) is 0 Å². The molecule has 0 radical (unpaired) electrons. The zero-order chi connectivity index (χ0) is 14.6. The molecular weight excluding hydrogens is 240 g/mol. The van der Waals surface area contributed by atoms with E-state index in [9.17, 15) is 5.11 Å². The highest BCUT2D eigenvalue weighted by Gasteiger charge is 2.39. The molecule has 0 aliphatic rings. The van der Waals surface area contributed by atoms with Crippen molar-refractivity contribution in [3.05, 3.63) is 24.3 Å². The van der Waals surface area contributed by atoms with Gasteiger partial charge in [-0.3, -0.25) is 0 Å². The highest BCUT2D eigenvalue weighted by atomic mass is 28.4. The summed E-state index contributed by atoms with van der Waals surface area (Å²) in [5.74, 6) is 0. The first-order chi connectivity index (χ1) is 8.01. The van der Waals surface area contributed by atoms with Crippen molar-refractivity contribution in [2.75, 3.05) is 0 Å². The van der Waals surface area contributed by atoms with Gasteiger partial charge in [-0.05, 0) is 38.4 Å². The van der Waals surface area contributed by atoms with E-state index in [1.165, 1.54) is 0 Å². The summed E-state index contributed by atoms with van der Waals surface area (Å²) in [4.78, 5) is 0. The Balaban J connectivity index is 4.49. The van der Waals surface area contributed by atoms with Crippen LogP contribution in [-0.2, 0) is 4.43 Å². The molecule has 0 amide bonds. The summed E-state index contributed by atoms with van der Waals surface area (Å²) in [6, 6.07) is 0. The number of hydrogen-bond donors (Lipinski definition) is 1. The molecule has 0 heterocycles. The molecule has 3 heteroatoms. The van der Waals surface area contributed by atoms with Gasteiger partial charge in [0.25, 0.3) is 0 Å². The average molecular weight is 270 g/mol. The van der Waals surface area contributed by atoms with Crippen molar-refractivity contribution >= 4 is 8.32 Å². The number of hydrogen-bond acceptors (Lipinski definition) is 2. The van der Waals surface area contributed by atoms with E-state index in [-0.39, 0.29) is 11.1 Å². The van der Waals surface area contributed by atoms with Crippen LogP contribution in [0.5, 0.6) is 0 Å². The van der Waals surface area contributed by atoms with Crippen molar-refractivity contribution in [2.24, 2.45) is 0 Å². The Morgan fingerprint density at radius 2 is 1.89 bits per heavy atom. The summed E-state index contributed by atoms with van der Waals surface area (Å²) in [5.41, 5.74) is 1.09. The molecule has 0 rings (SSSR count). The fraction of sp³-hybridized carbons (Fsp3) is 0.733. The van der Waals surface area contributed by atoms with E-state index in [2.05, 4.69) is 40.4 Å². The minimum atomic E-state index is -1.80. The van der Waals surface area contributed by atoms with Gasteiger partial charge in [0.1, 0.15) is 0 Å². The van der Waals surface area contributed by atoms with Gasteiger partial charge in [0.15, 0.2) is 8.32 Å². The van der Waals surface area contributed by atoms with Gasteiger partial charge in [0.05, 0.1) is 12.2 Å². The minimum Gasteiger partial charge on any atom is -0.412 e. The molecule has 0 spiro atoms. The van der Waals surface area contributed by atoms with Crippen LogP contribution < -0.4 is 0 Å². The molecule has 0 saturated heterocycles. The van der Waals surface area contributed by atoms with E-state index in [1.807, 2.05) is 19.9 Å². The molecule has 0 unspecified atom stereocenters. The van der Waals surface area contributed by atoms with E-state index < -0.39 is 14.4 Å². The second-order valence-electron chi connectivity index (χ2n) is 6.54. The van der Waals surface area contributed by atoms with Crippen molar-refractivity contribution in [1.82, 2.24) is 0 Å². The lowest BCUT2D eigenvalue weighted by Gasteiger charge is -2.39. The summed E-state index contributed by atoms with van der Waals surface area (Å²) in [6.45, 7) is 18.7. The van der Waals surface area contributed by atoms with Crippen molar-refractivity contribution in [3.8, 4) is 0 Å².